The molecule has 1 aliphatic rings. The zero-order valence-corrected chi connectivity index (χ0v) is 17.3. The summed E-state index contributed by atoms with van der Waals surface area (Å²) in [5.74, 6) is -0.115. The topological polar surface area (TPSA) is 82.4 Å². The lowest BCUT2D eigenvalue weighted by molar-refractivity contribution is -0.139. The van der Waals surface area contributed by atoms with E-state index in [1.165, 1.54) is 36.4 Å². The van der Waals surface area contributed by atoms with Crippen LogP contribution in [0.5, 0.6) is 11.6 Å². The SMILES string of the molecule is COc1nc(C(=O)N2CC[C@H](Oc3ccccc3C(F)(F)F)C2)cnc1-n1cnc(C)c1. The number of benzene rings is 1. The third kappa shape index (κ3) is 4.36. The van der Waals surface area contributed by atoms with Crippen LogP contribution in [0.15, 0.2) is 43.0 Å². The molecule has 3 aromatic rings. The number of hydrogen-bond acceptors (Lipinski definition) is 6. The van der Waals surface area contributed by atoms with Crippen LogP contribution < -0.4 is 9.47 Å². The monoisotopic (exact) mass is 447 g/mol. The Bertz CT molecular complexity index is 1130. The van der Waals surface area contributed by atoms with Crippen molar-refractivity contribution in [3.05, 3.63) is 59.9 Å². The summed E-state index contributed by atoms with van der Waals surface area (Å²) in [6, 6.07) is 5.03. The highest BCUT2D eigenvalue weighted by Gasteiger charge is 2.36. The van der Waals surface area contributed by atoms with Crippen LogP contribution in [-0.4, -0.2) is 56.6 Å². The van der Waals surface area contributed by atoms with Gasteiger partial charge in [0.25, 0.3) is 11.8 Å². The smallest absolute Gasteiger partial charge is 0.419 e. The fraction of sp³-hybridized carbons (Fsp3) is 0.333. The second-order valence-electron chi connectivity index (χ2n) is 7.28. The van der Waals surface area contributed by atoms with Crippen molar-refractivity contribution < 1.29 is 27.4 Å². The molecule has 0 aliphatic carbocycles. The quantitative estimate of drug-likeness (QED) is 0.597. The van der Waals surface area contributed by atoms with E-state index < -0.39 is 23.8 Å². The molecule has 4 rings (SSSR count). The van der Waals surface area contributed by atoms with Gasteiger partial charge in [0, 0.05) is 19.2 Å². The zero-order valence-electron chi connectivity index (χ0n) is 17.3. The molecule has 0 bridgehead atoms. The van der Waals surface area contributed by atoms with Crippen LogP contribution in [0.4, 0.5) is 13.2 Å². The normalized spacial score (nSPS) is 16.3. The third-order valence-corrected chi connectivity index (χ3v) is 5.01. The molecule has 1 fully saturated rings. The van der Waals surface area contributed by atoms with E-state index in [0.29, 0.717) is 18.8 Å². The maximum Gasteiger partial charge on any atom is 0.419 e. The van der Waals surface area contributed by atoms with E-state index in [1.54, 1.807) is 17.1 Å². The predicted molar refractivity (Wildman–Crippen MR) is 107 cm³/mol. The van der Waals surface area contributed by atoms with E-state index in [-0.39, 0.29) is 23.9 Å². The van der Waals surface area contributed by atoms with E-state index in [4.69, 9.17) is 9.47 Å². The Labute approximate surface area is 181 Å². The summed E-state index contributed by atoms with van der Waals surface area (Å²) in [4.78, 5) is 27.1. The Morgan fingerprint density at radius 3 is 2.69 bits per heavy atom. The highest BCUT2D eigenvalue weighted by atomic mass is 19.4. The molecule has 0 N–H and O–H groups in total. The van der Waals surface area contributed by atoms with Crippen LogP contribution in [-0.2, 0) is 6.18 Å². The van der Waals surface area contributed by atoms with Crippen LogP contribution >= 0.6 is 0 Å². The lowest BCUT2D eigenvalue weighted by Gasteiger charge is -2.19. The summed E-state index contributed by atoms with van der Waals surface area (Å²) in [6.45, 7) is 2.29. The Balaban J connectivity index is 1.48. The number of alkyl halides is 3. The zero-order chi connectivity index (χ0) is 22.9. The molecule has 0 unspecified atom stereocenters. The maximum atomic E-state index is 13.2. The number of aryl methyl sites for hydroxylation is 1. The average molecular weight is 447 g/mol. The lowest BCUT2D eigenvalue weighted by Crippen LogP contribution is -2.32. The average Bonchev–Trinajstić information content (AvgIpc) is 3.41. The molecular formula is C21H20F3N5O3. The molecule has 1 aliphatic heterocycles. The first-order valence-electron chi connectivity index (χ1n) is 9.80. The molecule has 2 aromatic heterocycles. The Hall–Kier alpha value is -3.63. The van der Waals surface area contributed by atoms with Gasteiger partial charge in [-0.15, -0.1) is 0 Å². The second-order valence-corrected chi connectivity index (χ2v) is 7.28. The van der Waals surface area contributed by atoms with Gasteiger partial charge in [0.1, 0.15) is 18.2 Å². The molecule has 32 heavy (non-hydrogen) atoms. The number of ether oxygens (including phenoxy) is 2. The highest BCUT2D eigenvalue weighted by molar-refractivity contribution is 5.92. The van der Waals surface area contributed by atoms with Crippen LogP contribution in [0.1, 0.15) is 28.2 Å². The van der Waals surface area contributed by atoms with Crippen molar-refractivity contribution in [1.29, 1.82) is 0 Å². The van der Waals surface area contributed by atoms with Crippen LogP contribution in [0.25, 0.3) is 5.82 Å². The molecule has 1 amide bonds. The lowest BCUT2D eigenvalue weighted by atomic mass is 10.2. The molecule has 1 atom stereocenters. The van der Waals surface area contributed by atoms with Crippen molar-refractivity contribution in [3.63, 3.8) is 0 Å². The fourth-order valence-electron chi connectivity index (χ4n) is 3.47. The minimum atomic E-state index is -4.52. The van der Waals surface area contributed by atoms with Crippen molar-refractivity contribution in [3.8, 4) is 17.4 Å². The summed E-state index contributed by atoms with van der Waals surface area (Å²) in [6.07, 6.45) is -0.0468. The largest absolute Gasteiger partial charge is 0.488 e. The molecule has 0 radical (unpaired) electrons. The molecule has 8 nitrogen and oxygen atoms in total. The van der Waals surface area contributed by atoms with Crippen molar-refractivity contribution in [1.82, 2.24) is 24.4 Å². The van der Waals surface area contributed by atoms with Gasteiger partial charge in [-0.25, -0.2) is 15.0 Å². The van der Waals surface area contributed by atoms with E-state index >= 15 is 0 Å². The molecule has 3 heterocycles. The first-order valence-corrected chi connectivity index (χ1v) is 9.80. The van der Waals surface area contributed by atoms with Gasteiger partial charge in [-0.2, -0.15) is 13.2 Å². The van der Waals surface area contributed by atoms with E-state index in [0.717, 1.165) is 11.8 Å². The maximum absolute atomic E-state index is 13.2. The first kappa shape index (κ1) is 21.6. The Morgan fingerprint density at radius 1 is 1.22 bits per heavy atom. The standard InChI is InChI=1S/C21H20F3N5O3/c1-13-10-29(12-26-13)18-19(31-2)27-16(9-25-18)20(30)28-8-7-14(11-28)32-17-6-4-3-5-15(17)21(22,23)24/h3-6,9-10,12,14H,7-8,11H2,1-2H3/t14-/m0/s1. The first-order chi connectivity index (χ1) is 15.3. The van der Waals surface area contributed by atoms with Crippen molar-refractivity contribution in [2.75, 3.05) is 20.2 Å². The summed E-state index contributed by atoms with van der Waals surface area (Å²) in [5, 5.41) is 0. The van der Waals surface area contributed by atoms with Gasteiger partial charge in [-0.1, -0.05) is 12.1 Å². The molecule has 0 spiro atoms. The van der Waals surface area contributed by atoms with Gasteiger partial charge in [0.2, 0.25) is 5.82 Å². The van der Waals surface area contributed by atoms with E-state index in [9.17, 15) is 18.0 Å². The number of rotatable bonds is 5. The van der Waals surface area contributed by atoms with Gasteiger partial charge in [0.15, 0.2) is 5.69 Å². The van der Waals surface area contributed by atoms with Crippen LogP contribution in [0.2, 0.25) is 0 Å². The number of halogens is 3. The number of amides is 1. The Kier molecular flexibility index (Phi) is 5.72. The summed E-state index contributed by atoms with van der Waals surface area (Å²) >= 11 is 0. The summed E-state index contributed by atoms with van der Waals surface area (Å²) in [5.41, 5.74) is 0.00805. The number of carbonyl (C=O) groups is 1. The third-order valence-electron chi connectivity index (χ3n) is 5.01. The number of methoxy groups -OCH3 is 1. The minimum Gasteiger partial charge on any atom is -0.488 e. The van der Waals surface area contributed by atoms with Gasteiger partial charge >= 0.3 is 6.18 Å². The molecule has 1 saturated heterocycles. The van der Waals surface area contributed by atoms with Gasteiger partial charge in [-0.3, -0.25) is 9.36 Å². The summed E-state index contributed by atoms with van der Waals surface area (Å²) in [7, 11) is 1.42. The number of imidazole rings is 1. The van der Waals surface area contributed by atoms with E-state index in [1.807, 2.05) is 6.92 Å². The van der Waals surface area contributed by atoms with Gasteiger partial charge in [0.05, 0.1) is 31.1 Å². The number of aromatic nitrogens is 4. The van der Waals surface area contributed by atoms with Gasteiger partial charge in [-0.05, 0) is 19.1 Å². The number of carbonyl (C=O) groups excluding carboxylic acids is 1. The molecule has 0 saturated carbocycles. The number of likely N-dealkylation sites (tertiary alicyclic amines) is 1. The molecule has 1 aromatic carbocycles. The van der Waals surface area contributed by atoms with E-state index in [2.05, 4.69) is 15.0 Å². The highest BCUT2D eigenvalue weighted by Crippen LogP contribution is 2.37. The van der Waals surface area contributed by atoms with Gasteiger partial charge < -0.3 is 14.4 Å². The molecular weight excluding hydrogens is 427 g/mol. The van der Waals surface area contributed by atoms with Crippen LogP contribution in [0.3, 0.4) is 0 Å². The fourth-order valence-corrected chi connectivity index (χ4v) is 3.47. The van der Waals surface area contributed by atoms with Crippen molar-refractivity contribution >= 4 is 5.91 Å². The molecule has 11 heteroatoms. The minimum absolute atomic E-state index is 0.0683. The molecule has 168 valence electrons. The number of hydrogen-bond donors (Lipinski definition) is 0. The van der Waals surface area contributed by atoms with Crippen molar-refractivity contribution in [2.45, 2.75) is 25.6 Å². The summed E-state index contributed by atoms with van der Waals surface area (Å²) < 4.78 is 52.1. The Morgan fingerprint density at radius 2 is 2.00 bits per heavy atom. The number of para-hydroxylation sites is 1. The van der Waals surface area contributed by atoms with Crippen molar-refractivity contribution in [2.24, 2.45) is 0 Å². The number of nitrogens with zero attached hydrogens (tertiary/aromatic N) is 5. The van der Waals surface area contributed by atoms with Crippen LogP contribution in [0, 0.1) is 6.92 Å². The second kappa shape index (κ2) is 8.48. The predicted octanol–water partition coefficient (Wildman–Crippen LogP) is 3.29.